The second-order valence-corrected chi connectivity index (χ2v) is 4.72. The summed E-state index contributed by atoms with van der Waals surface area (Å²) in [6, 6.07) is 0. The van der Waals surface area contributed by atoms with Gasteiger partial charge in [0.1, 0.15) is 11.6 Å². The van der Waals surface area contributed by atoms with Gasteiger partial charge >= 0.3 is 5.97 Å². The molecule has 0 unspecified atom stereocenters. The van der Waals surface area contributed by atoms with Crippen molar-refractivity contribution in [2.24, 2.45) is 5.92 Å². The standard InChI is InChI=1S/C13H21N3O2/c1-3-10-15-11(13(17)18-4-2)12(14)16(10)8-7-9-5-6-9/h9H,3-8,14H2,1-2H3. The molecule has 0 atom stereocenters. The Morgan fingerprint density at radius 1 is 1.50 bits per heavy atom. The Bertz CT molecular complexity index is 436. The quantitative estimate of drug-likeness (QED) is 0.785. The van der Waals surface area contributed by atoms with E-state index in [0.717, 1.165) is 31.1 Å². The van der Waals surface area contributed by atoms with E-state index in [2.05, 4.69) is 4.98 Å². The van der Waals surface area contributed by atoms with Gasteiger partial charge in [-0.25, -0.2) is 9.78 Å². The molecule has 0 amide bonds. The maximum absolute atomic E-state index is 11.7. The van der Waals surface area contributed by atoms with E-state index in [-0.39, 0.29) is 5.69 Å². The number of aryl methyl sites for hydroxylation is 1. The van der Waals surface area contributed by atoms with Crippen LogP contribution in [0, 0.1) is 5.92 Å². The number of hydrogen-bond donors (Lipinski definition) is 1. The van der Waals surface area contributed by atoms with Gasteiger partial charge in [-0.3, -0.25) is 0 Å². The van der Waals surface area contributed by atoms with Crippen molar-refractivity contribution in [3.05, 3.63) is 11.5 Å². The van der Waals surface area contributed by atoms with Crippen molar-refractivity contribution in [2.75, 3.05) is 12.3 Å². The molecule has 0 aliphatic heterocycles. The zero-order chi connectivity index (χ0) is 13.1. The number of ether oxygens (including phenoxy) is 1. The smallest absolute Gasteiger partial charge is 0.360 e. The van der Waals surface area contributed by atoms with Gasteiger partial charge in [0.2, 0.25) is 0 Å². The van der Waals surface area contributed by atoms with E-state index in [1.807, 2.05) is 11.5 Å². The number of hydrogen-bond acceptors (Lipinski definition) is 4. The van der Waals surface area contributed by atoms with Crippen LogP contribution in [0.3, 0.4) is 0 Å². The molecule has 0 saturated heterocycles. The topological polar surface area (TPSA) is 70.1 Å². The van der Waals surface area contributed by atoms with Gasteiger partial charge in [0.25, 0.3) is 0 Å². The fourth-order valence-electron chi connectivity index (χ4n) is 2.10. The van der Waals surface area contributed by atoms with Crippen molar-refractivity contribution >= 4 is 11.8 Å². The molecule has 100 valence electrons. The van der Waals surface area contributed by atoms with Crippen molar-refractivity contribution in [1.82, 2.24) is 9.55 Å². The first-order chi connectivity index (χ1) is 8.67. The number of rotatable bonds is 6. The van der Waals surface area contributed by atoms with Gasteiger partial charge in [-0.1, -0.05) is 19.8 Å². The minimum atomic E-state index is -0.421. The van der Waals surface area contributed by atoms with E-state index in [4.69, 9.17) is 10.5 Å². The van der Waals surface area contributed by atoms with E-state index >= 15 is 0 Å². The number of anilines is 1. The van der Waals surface area contributed by atoms with Crippen molar-refractivity contribution in [2.45, 2.75) is 46.1 Å². The van der Waals surface area contributed by atoms with Crippen molar-refractivity contribution in [3.63, 3.8) is 0 Å². The molecule has 1 aliphatic rings. The molecule has 0 radical (unpaired) electrons. The summed E-state index contributed by atoms with van der Waals surface area (Å²) >= 11 is 0. The average molecular weight is 251 g/mol. The summed E-state index contributed by atoms with van der Waals surface area (Å²) in [6.45, 7) is 4.99. The monoisotopic (exact) mass is 251 g/mol. The highest BCUT2D eigenvalue weighted by molar-refractivity contribution is 5.92. The number of nitrogens with zero attached hydrogens (tertiary/aromatic N) is 2. The highest BCUT2D eigenvalue weighted by Crippen LogP contribution is 2.33. The molecule has 18 heavy (non-hydrogen) atoms. The fraction of sp³-hybridized carbons (Fsp3) is 0.692. The molecule has 1 aliphatic carbocycles. The molecule has 0 bridgehead atoms. The molecule has 1 heterocycles. The molecule has 2 N–H and O–H groups in total. The van der Waals surface area contributed by atoms with Crippen molar-refractivity contribution < 1.29 is 9.53 Å². The van der Waals surface area contributed by atoms with Gasteiger partial charge < -0.3 is 15.0 Å². The van der Waals surface area contributed by atoms with Crippen LogP contribution in [0.1, 0.15) is 49.4 Å². The molecule has 1 aromatic heterocycles. The lowest BCUT2D eigenvalue weighted by Gasteiger charge is -2.08. The summed E-state index contributed by atoms with van der Waals surface area (Å²) < 4.78 is 6.93. The molecule has 5 nitrogen and oxygen atoms in total. The Morgan fingerprint density at radius 2 is 2.22 bits per heavy atom. The van der Waals surface area contributed by atoms with Crippen LogP contribution in [-0.2, 0) is 17.7 Å². The summed E-state index contributed by atoms with van der Waals surface area (Å²) in [5.41, 5.74) is 6.29. The first-order valence-corrected chi connectivity index (χ1v) is 6.69. The van der Waals surface area contributed by atoms with Crippen LogP contribution in [0.15, 0.2) is 0 Å². The largest absolute Gasteiger partial charge is 0.461 e. The summed E-state index contributed by atoms with van der Waals surface area (Å²) in [5.74, 6) is 1.74. The van der Waals surface area contributed by atoms with Crippen LogP contribution in [0.4, 0.5) is 5.82 Å². The van der Waals surface area contributed by atoms with Gasteiger partial charge in [0, 0.05) is 13.0 Å². The predicted octanol–water partition coefficient (Wildman–Crippen LogP) is 2.00. The Hall–Kier alpha value is -1.52. The molecular formula is C13H21N3O2. The van der Waals surface area contributed by atoms with Crippen molar-refractivity contribution in [3.8, 4) is 0 Å². The molecule has 0 spiro atoms. The van der Waals surface area contributed by atoms with Gasteiger partial charge in [-0.2, -0.15) is 0 Å². The maximum Gasteiger partial charge on any atom is 0.360 e. The normalized spacial score (nSPS) is 14.8. The van der Waals surface area contributed by atoms with E-state index < -0.39 is 5.97 Å². The summed E-state index contributed by atoms with van der Waals surface area (Å²) in [6.07, 6.45) is 4.53. The third kappa shape index (κ3) is 2.66. The molecule has 1 fully saturated rings. The highest BCUT2D eigenvalue weighted by atomic mass is 16.5. The van der Waals surface area contributed by atoms with E-state index in [0.29, 0.717) is 12.4 Å². The first-order valence-electron chi connectivity index (χ1n) is 6.69. The molecule has 1 saturated carbocycles. The van der Waals surface area contributed by atoms with Crippen LogP contribution < -0.4 is 5.73 Å². The second kappa shape index (κ2) is 5.42. The summed E-state index contributed by atoms with van der Waals surface area (Å²) in [5, 5.41) is 0. The number of carbonyl (C=O) groups is 1. The third-order valence-electron chi connectivity index (χ3n) is 3.33. The number of carbonyl (C=O) groups excluding carboxylic acids is 1. The van der Waals surface area contributed by atoms with E-state index in [9.17, 15) is 4.79 Å². The minimum Gasteiger partial charge on any atom is -0.461 e. The minimum absolute atomic E-state index is 0.268. The number of nitrogens with two attached hydrogens (primary N) is 1. The van der Waals surface area contributed by atoms with Crippen LogP contribution in [0.25, 0.3) is 0 Å². The maximum atomic E-state index is 11.7. The van der Waals surface area contributed by atoms with Gasteiger partial charge in [-0.15, -0.1) is 0 Å². The second-order valence-electron chi connectivity index (χ2n) is 4.72. The lowest BCUT2D eigenvalue weighted by atomic mass is 10.3. The van der Waals surface area contributed by atoms with Crippen LogP contribution in [-0.4, -0.2) is 22.1 Å². The fourth-order valence-corrected chi connectivity index (χ4v) is 2.10. The molecule has 0 aromatic carbocycles. The number of imidazole rings is 1. The van der Waals surface area contributed by atoms with Crippen molar-refractivity contribution in [1.29, 1.82) is 0 Å². The van der Waals surface area contributed by atoms with E-state index in [1.165, 1.54) is 12.8 Å². The third-order valence-corrected chi connectivity index (χ3v) is 3.33. The lowest BCUT2D eigenvalue weighted by Crippen LogP contribution is -2.10. The predicted molar refractivity (Wildman–Crippen MR) is 69.3 cm³/mol. The van der Waals surface area contributed by atoms with Gasteiger partial charge in [-0.05, 0) is 19.3 Å². The zero-order valence-corrected chi connectivity index (χ0v) is 11.1. The average Bonchev–Trinajstić information content (AvgIpc) is 3.12. The molecule has 5 heteroatoms. The summed E-state index contributed by atoms with van der Waals surface area (Å²) in [7, 11) is 0. The van der Waals surface area contributed by atoms with Gasteiger partial charge in [0.15, 0.2) is 5.69 Å². The first kappa shape index (κ1) is 12.9. The highest BCUT2D eigenvalue weighted by Gasteiger charge is 2.24. The zero-order valence-electron chi connectivity index (χ0n) is 11.1. The molecule has 2 rings (SSSR count). The Kier molecular flexibility index (Phi) is 3.89. The van der Waals surface area contributed by atoms with Crippen LogP contribution in [0.2, 0.25) is 0 Å². The van der Waals surface area contributed by atoms with Crippen LogP contribution >= 0.6 is 0 Å². The Morgan fingerprint density at radius 3 is 2.78 bits per heavy atom. The summed E-state index contributed by atoms with van der Waals surface area (Å²) in [4.78, 5) is 16.0. The number of esters is 1. The molecular weight excluding hydrogens is 230 g/mol. The number of nitrogen functional groups attached to an aromatic ring is 1. The Labute approximate surface area is 107 Å². The lowest BCUT2D eigenvalue weighted by molar-refractivity contribution is 0.0521. The van der Waals surface area contributed by atoms with E-state index in [1.54, 1.807) is 6.92 Å². The van der Waals surface area contributed by atoms with Crippen LogP contribution in [0.5, 0.6) is 0 Å². The van der Waals surface area contributed by atoms with Gasteiger partial charge in [0.05, 0.1) is 6.61 Å². The Balaban J connectivity index is 2.17. The molecule has 1 aromatic rings. The SMILES string of the molecule is CCOC(=O)c1nc(CC)n(CCC2CC2)c1N. The number of aromatic nitrogens is 2.